The summed E-state index contributed by atoms with van der Waals surface area (Å²) >= 11 is 20.7. The maximum Gasteiger partial charge on any atom is 0.271 e. The van der Waals surface area contributed by atoms with Crippen molar-refractivity contribution >= 4 is 70.1 Å². The molecule has 0 fully saturated rings. The molecule has 2 aromatic rings. The Hall–Kier alpha value is -1.05. The normalized spacial score (nSPS) is 10.4. The number of carbonyl (C=O) groups excluding carboxylic acids is 2. The van der Waals surface area contributed by atoms with Gasteiger partial charge < -0.3 is 0 Å². The summed E-state index contributed by atoms with van der Waals surface area (Å²) in [6.45, 7) is 0. The van der Waals surface area contributed by atoms with Crippen molar-refractivity contribution < 1.29 is 9.59 Å². The summed E-state index contributed by atoms with van der Waals surface area (Å²) < 4.78 is 0. The maximum absolute atomic E-state index is 12.1. The van der Waals surface area contributed by atoms with E-state index in [-0.39, 0.29) is 11.7 Å². The SMILES string of the molecule is CSc1ccc(Cl)c(C(=O)NNC(=O)CSc2cc(Cl)ccc2Cl)c1. The Balaban J connectivity index is 1.89. The van der Waals surface area contributed by atoms with Crippen LogP contribution >= 0.6 is 58.3 Å². The third-order valence-corrected chi connectivity index (χ3v) is 5.77. The van der Waals surface area contributed by atoms with Crippen LogP contribution in [-0.4, -0.2) is 23.8 Å². The molecule has 0 aliphatic rings. The second-order valence-electron chi connectivity index (χ2n) is 4.71. The minimum absolute atomic E-state index is 0.0684. The number of nitrogens with one attached hydrogen (secondary N) is 2. The van der Waals surface area contributed by atoms with Crippen molar-refractivity contribution in [2.24, 2.45) is 0 Å². The molecule has 4 nitrogen and oxygen atoms in total. The topological polar surface area (TPSA) is 58.2 Å². The van der Waals surface area contributed by atoms with Crippen LogP contribution in [0.5, 0.6) is 0 Å². The van der Waals surface area contributed by atoms with E-state index in [0.29, 0.717) is 25.5 Å². The first kappa shape index (κ1) is 20.3. The van der Waals surface area contributed by atoms with Gasteiger partial charge in [-0.15, -0.1) is 23.5 Å². The van der Waals surface area contributed by atoms with Gasteiger partial charge >= 0.3 is 0 Å². The molecule has 0 heterocycles. The smallest absolute Gasteiger partial charge is 0.271 e. The summed E-state index contributed by atoms with van der Waals surface area (Å²) in [4.78, 5) is 25.6. The highest BCUT2D eigenvalue weighted by molar-refractivity contribution is 8.00. The van der Waals surface area contributed by atoms with Crippen molar-refractivity contribution in [3.8, 4) is 0 Å². The van der Waals surface area contributed by atoms with Crippen LogP contribution in [0, 0.1) is 0 Å². The van der Waals surface area contributed by atoms with Crippen molar-refractivity contribution in [3.05, 3.63) is 57.0 Å². The zero-order chi connectivity index (χ0) is 18.4. The van der Waals surface area contributed by atoms with E-state index < -0.39 is 5.91 Å². The van der Waals surface area contributed by atoms with Crippen molar-refractivity contribution in [1.29, 1.82) is 0 Å². The Morgan fingerprint density at radius 1 is 1.00 bits per heavy atom. The van der Waals surface area contributed by atoms with E-state index in [1.807, 2.05) is 12.3 Å². The minimum atomic E-state index is -0.486. The summed E-state index contributed by atoms with van der Waals surface area (Å²) in [6, 6.07) is 10.1. The van der Waals surface area contributed by atoms with Crippen LogP contribution in [0.25, 0.3) is 0 Å². The number of rotatable bonds is 5. The highest BCUT2D eigenvalue weighted by atomic mass is 35.5. The van der Waals surface area contributed by atoms with Crippen LogP contribution in [0.4, 0.5) is 0 Å². The molecule has 132 valence electrons. The van der Waals surface area contributed by atoms with E-state index in [1.165, 1.54) is 23.5 Å². The van der Waals surface area contributed by atoms with Crippen LogP contribution in [-0.2, 0) is 4.79 Å². The number of benzene rings is 2. The molecular weight excluding hydrogens is 423 g/mol. The number of carbonyl (C=O) groups is 2. The van der Waals surface area contributed by atoms with E-state index >= 15 is 0 Å². The quantitative estimate of drug-likeness (QED) is 0.517. The summed E-state index contributed by atoms with van der Waals surface area (Å²) in [5, 5.41) is 1.35. The lowest BCUT2D eigenvalue weighted by Gasteiger charge is -2.10. The number of hydrogen-bond acceptors (Lipinski definition) is 4. The Kier molecular flexibility index (Phi) is 7.78. The Morgan fingerprint density at radius 2 is 1.72 bits per heavy atom. The molecular formula is C16H13Cl3N2O2S2. The molecule has 2 N–H and O–H groups in total. The zero-order valence-electron chi connectivity index (χ0n) is 12.9. The first-order valence-electron chi connectivity index (χ1n) is 6.91. The largest absolute Gasteiger partial charge is 0.272 e. The van der Waals surface area contributed by atoms with Crippen molar-refractivity contribution in [1.82, 2.24) is 10.9 Å². The molecule has 0 saturated heterocycles. The number of thioether (sulfide) groups is 2. The van der Waals surface area contributed by atoms with Gasteiger partial charge in [0.2, 0.25) is 5.91 Å². The van der Waals surface area contributed by atoms with Crippen LogP contribution in [0.3, 0.4) is 0 Å². The summed E-state index contributed by atoms with van der Waals surface area (Å²) in [5.41, 5.74) is 4.99. The summed E-state index contributed by atoms with van der Waals surface area (Å²) in [5.74, 6) is -0.801. The lowest BCUT2D eigenvalue weighted by molar-refractivity contribution is -0.119. The highest BCUT2D eigenvalue weighted by Crippen LogP contribution is 2.29. The van der Waals surface area contributed by atoms with Gasteiger partial charge in [0, 0.05) is 14.8 Å². The molecule has 0 unspecified atom stereocenters. The Morgan fingerprint density at radius 3 is 2.44 bits per heavy atom. The highest BCUT2D eigenvalue weighted by Gasteiger charge is 2.13. The van der Waals surface area contributed by atoms with Gasteiger partial charge in [0.1, 0.15) is 0 Å². The molecule has 2 amide bonds. The molecule has 25 heavy (non-hydrogen) atoms. The third kappa shape index (κ3) is 6.01. The zero-order valence-corrected chi connectivity index (χ0v) is 16.8. The standard InChI is InChI=1S/C16H13Cl3N2O2S2/c1-24-10-3-5-12(18)11(7-10)16(23)21-20-15(22)8-25-14-6-9(17)2-4-13(14)19/h2-7H,8H2,1H3,(H,20,22)(H,21,23). The maximum atomic E-state index is 12.1. The van der Waals surface area contributed by atoms with Crippen LogP contribution in [0.15, 0.2) is 46.2 Å². The van der Waals surface area contributed by atoms with Gasteiger partial charge in [0.15, 0.2) is 0 Å². The first-order valence-corrected chi connectivity index (χ1v) is 10.3. The van der Waals surface area contributed by atoms with E-state index in [4.69, 9.17) is 34.8 Å². The molecule has 0 radical (unpaired) electrons. The molecule has 0 spiro atoms. The molecule has 0 aromatic heterocycles. The molecule has 0 atom stereocenters. The fraction of sp³-hybridized carbons (Fsp3) is 0.125. The van der Waals surface area contributed by atoms with Gasteiger partial charge in [0.25, 0.3) is 5.91 Å². The number of hydrazine groups is 1. The lowest BCUT2D eigenvalue weighted by Crippen LogP contribution is -2.42. The van der Waals surface area contributed by atoms with Crippen LogP contribution in [0.2, 0.25) is 15.1 Å². The van der Waals surface area contributed by atoms with E-state index in [1.54, 1.807) is 30.3 Å². The summed E-state index contributed by atoms with van der Waals surface area (Å²) in [7, 11) is 0. The molecule has 9 heteroatoms. The van der Waals surface area contributed by atoms with E-state index in [2.05, 4.69) is 10.9 Å². The number of halogens is 3. The van der Waals surface area contributed by atoms with Crippen molar-refractivity contribution in [2.45, 2.75) is 9.79 Å². The number of amides is 2. The second kappa shape index (κ2) is 9.59. The average Bonchev–Trinajstić information content (AvgIpc) is 2.60. The molecule has 2 aromatic carbocycles. The first-order chi connectivity index (χ1) is 11.9. The van der Waals surface area contributed by atoms with Gasteiger partial charge in [-0.05, 0) is 42.7 Å². The molecule has 0 bridgehead atoms. The fourth-order valence-corrected chi connectivity index (χ4v) is 3.70. The van der Waals surface area contributed by atoms with E-state index in [0.717, 1.165) is 4.90 Å². The van der Waals surface area contributed by atoms with Gasteiger partial charge in [-0.25, -0.2) is 0 Å². The Bertz CT molecular complexity index is 803. The van der Waals surface area contributed by atoms with Gasteiger partial charge in [-0.2, -0.15) is 0 Å². The number of hydrogen-bond donors (Lipinski definition) is 2. The lowest BCUT2D eigenvalue weighted by atomic mass is 10.2. The van der Waals surface area contributed by atoms with Crippen molar-refractivity contribution in [3.63, 3.8) is 0 Å². The fourth-order valence-electron chi connectivity index (χ4n) is 1.77. The molecule has 0 saturated carbocycles. The summed E-state index contributed by atoms with van der Waals surface area (Å²) in [6.07, 6.45) is 1.89. The third-order valence-electron chi connectivity index (χ3n) is 2.99. The molecule has 2 rings (SSSR count). The predicted molar refractivity (Wildman–Crippen MR) is 106 cm³/mol. The van der Waals surface area contributed by atoms with E-state index in [9.17, 15) is 9.59 Å². The van der Waals surface area contributed by atoms with Gasteiger partial charge in [-0.1, -0.05) is 34.8 Å². The second-order valence-corrected chi connectivity index (χ2v) is 7.86. The van der Waals surface area contributed by atoms with Crippen molar-refractivity contribution in [2.75, 3.05) is 12.0 Å². The Labute approximate surface area is 168 Å². The van der Waals surface area contributed by atoms with Gasteiger partial charge in [0.05, 0.1) is 21.4 Å². The van der Waals surface area contributed by atoms with Crippen LogP contribution in [0.1, 0.15) is 10.4 Å². The van der Waals surface area contributed by atoms with Gasteiger partial charge in [-0.3, -0.25) is 20.4 Å². The molecule has 0 aliphatic carbocycles. The monoisotopic (exact) mass is 434 g/mol. The average molecular weight is 436 g/mol. The molecule has 0 aliphatic heterocycles. The van der Waals surface area contributed by atoms with Crippen LogP contribution < -0.4 is 10.9 Å². The minimum Gasteiger partial charge on any atom is -0.272 e. The predicted octanol–water partition coefficient (Wildman–Crippen LogP) is 4.92.